The second-order valence-electron chi connectivity index (χ2n) is 6.09. The molecule has 2 N–H and O–H groups in total. The van der Waals surface area contributed by atoms with Crippen molar-refractivity contribution in [3.8, 4) is 11.3 Å². The molecule has 1 fully saturated rings. The summed E-state index contributed by atoms with van der Waals surface area (Å²) in [6.07, 6.45) is 7.82. The van der Waals surface area contributed by atoms with Crippen molar-refractivity contribution < 1.29 is 0 Å². The standard InChI is InChI=1S/C18H24N2S/c19-12-16-10-6-2-5-9-15(16)11-18-20-17(13-21-18)14-7-3-1-4-8-14/h1,3-4,7-8,13,15-16H,2,5-6,9-12,19H2. The molecule has 112 valence electrons. The van der Waals surface area contributed by atoms with E-state index in [-0.39, 0.29) is 0 Å². The molecule has 1 aromatic heterocycles. The zero-order chi connectivity index (χ0) is 14.5. The van der Waals surface area contributed by atoms with E-state index in [1.165, 1.54) is 42.7 Å². The summed E-state index contributed by atoms with van der Waals surface area (Å²) in [6.45, 7) is 0.835. The summed E-state index contributed by atoms with van der Waals surface area (Å²) in [5.74, 6) is 1.42. The molecule has 0 bridgehead atoms. The molecule has 2 aromatic rings. The molecule has 0 amide bonds. The largest absolute Gasteiger partial charge is 0.330 e. The normalized spacial score (nSPS) is 22.9. The van der Waals surface area contributed by atoms with E-state index in [0.717, 1.165) is 24.6 Å². The average Bonchev–Trinajstić information content (AvgIpc) is 2.88. The fraction of sp³-hybridized carbons (Fsp3) is 0.500. The van der Waals surface area contributed by atoms with Crippen LogP contribution >= 0.6 is 11.3 Å². The van der Waals surface area contributed by atoms with Crippen LogP contribution in [0.2, 0.25) is 0 Å². The van der Waals surface area contributed by atoms with Crippen LogP contribution in [0.1, 0.15) is 37.1 Å². The summed E-state index contributed by atoms with van der Waals surface area (Å²) in [7, 11) is 0. The SMILES string of the molecule is NCC1CCCCCC1Cc1nc(-c2ccccc2)cs1. The van der Waals surface area contributed by atoms with Crippen molar-refractivity contribution >= 4 is 11.3 Å². The van der Waals surface area contributed by atoms with Gasteiger partial charge in [-0.2, -0.15) is 0 Å². The molecular formula is C18H24N2S. The van der Waals surface area contributed by atoms with E-state index in [1.807, 2.05) is 6.07 Å². The number of nitrogens with two attached hydrogens (primary N) is 1. The first-order chi connectivity index (χ1) is 10.4. The number of thiazole rings is 1. The molecule has 2 unspecified atom stereocenters. The van der Waals surface area contributed by atoms with E-state index in [1.54, 1.807) is 11.3 Å². The van der Waals surface area contributed by atoms with Crippen LogP contribution < -0.4 is 5.73 Å². The zero-order valence-electron chi connectivity index (χ0n) is 12.5. The number of rotatable bonds is 4. The molecular weight excluding hydrogens is 276 g/mol. The first-order valence-electron chi connectivity index (χ1n) is 8.06. The van der Waals surface area contributed by atoms with Crippen LogP contribution in [0.25, 0.3) is 11.3 Å². The molecule has 2 nitrogen and oxygen atoms in total. The van der Waals surface area contributed by atoms with Gasteiger partial charge >= 0.3 is 0 Å². The van der Waals surface area contributed by atoms with Gasteiger partial charge in [0.1, 0.15) is 0 Å². The minimum Gasteiger partial charge on any atom is -0.330 e. The van der Waals surface area contributed by atoms with E-state index in [0.29, 0.717) is 5.92 Å². The lowest BCUT2D eigenvalue weighted by molar-refractivity contribution is 0.318. The highest BCUT2D eigenvalue weighted by Crippen LogP contribution is 2.32. The van der Waals surface area contributed by atoms with Crippen molar-refractivity contribution in [1.29, 1.82) is 0 Å². The first-order valence-corrected chi connectivity index (χ1v) is 8.94. The predicted molar refractivity (Wildman–Crippen MR) is 90.4 cm³/mol. The zero-order valence-corrected chi connectivity index (χ0v) is 13.3. The fourth-order valence-electron chi connectivity index (χ4n) is 3.41. The Labute approximate surface area is 131 Å². The summed E-state index contributed by atoms with van der Waals surface area (Å²) in [5.41, 5.74) is 8.33. The lowest BCUT2D eigenvalue weighted by Crippen LogP contribution is -2.24. The van der Waals surface area contributed by atoms with Crippen molar-refractivity contribution in [3.63, 3.8) is 0 Å². The highest BCUT2D eigenvalue weighted by molar-refractivity contribution is 7.09. The van der Waals surface area contributed by atoms with Gasteiger partial charge in [0, 0.05) is 17.4 Å². The Kier molecular flexibility index (Phi) is 5.04. The van der Waals surface area contributed by atoms with Gasteiger partial charge in [-0.15, -0.1) is 11.3 Å². The molecule has 3 rings (SSSR count). The average molecular weight is 300 g/mol. The van der Waals surface area contributed by atoms with Crippen molar-refractivity contribution in [1.82, 2.24) is 4.98 Å². The van der Waals surface area contributed by atoms with Gasteiger partial charge in [-0.1, -0.05) is 49.6 Å². The van der Waals surface area contributed by atoms with Gasteiger partial charge in [-0.25, -0.2) is 4.98 Å². The second-order valence-corrected chi connectivity index (χ2v) is 7.03. The van der Waals surface area contributed by atoms with Crippen LogP contribution in [-0.4, -0.2) is 11.5 Å². The maximum atomic E-state index is 6.00. The van der Waals surface area contributed by atoms with Gasteiger partial charge < -0.3 is 5.73 Å². The van der Waals surface area contributed by atoms with Crippen LogP contribution in [0.5, 0.6) is 0 Å². The minimum atomic E-state index is 0.691. The molecule has 0 spiro atoms. The molecule has 0 saturated heterocycles. The summed E-state index contributed by atoms with van der Waals surface area (Å²) >= 11 is 1.81. The van der Waals surface area contributed by atoms with Crippen LogP contribution in [0.3, 0.4) is 0 Å². The number of aromatic nitrogens is 1. The number of hydrogen-bond donors (Lipinski definition) is 1. The van der Waals surface area contributed by atoms with E-state index in [4.69, 9.17) is 10.7 Å². The third kappa shape index (κ3) is 3.72. The summed E-state index contributed by atoms with van der Waals surface area (Å²) in [5, 5.41) is 3.47. The molecule has 0 aliphatic heterocycles. The lowest BCUT2D eigenvalue weighted by Gasteiger charge is -2.22. The Hall–Kier alpha value is -1.19. The number of hydrogen-bond acceptors (Lipinski definition) is 3. The second kappa shape index (κ2) is 7.19. The van der Waals surface area contributed by atoms with Crippen molar-refractivity contribution in [2.45, 2.75) is 38.5 Å². The number of nitrogens with zero attached hydrogens (tertiary/aromatic N) is 1. The first kappa shape index (κ1) is 14.7. The van der Waals surface area contributed by atoms with Crippen LogP contribution in [0, 0.1) is 11.8 Å². The monoisotopic (exact) mass is 300 g/mol. The maximum Gasteiger partial charge on any atom is 0.0935 e. The highest BCUT2D eigenvalue weighted by atomic mass is 32.1. The van der Waals surface area contributed by atoms with E-state index >= 15 is 0 Å². The third-order valence-corrected chi connectivity index (χ3v) is 5.55. The summed E-state index contributed by atoms with van der Waals surface area (Å²) in [6, 6.07) is 10.5. The van der Waals surface area contributed by atoms with Crippen LogP contribution in [-0.2, 0) is 6.42 Å². The minimum absolute atomic E-state index is 0.691. The Morgan fingerprint density at radius 2 is 1.81 bits per heavy atom. The van der Waals surface area contributed by atoms with Crippen LogP contribution in [0.15, 0.2) is 35.7 Å². The fourth-order valence-corrected chi connectivity index (χ4v) is 4.31. The Morgan fingerprint density at radius 1 is 1.05 bits per heavy atom. The highest BCUT2D eigenvalue weighted by Gasteiger charge is 2.23. The molecule has 1 aliphatic carbocycles. The van der Waals surface area contributed by atoms with E-state index in [2.05, 4.69) is 29.6 Å². The van der Waals surface area contributed by atoms with Crippen molar-refractivity contribution in [3.05, 3.63) is 40.7 Å². The summed E-state index contributed by atoms with van der Waals surface area (Å²) < 4.78 is 0. The van der Waals surface area contributed by atoms with Gasteiger partial charge in [0.05, 0.1) is 10.7 Å². The Balaban J connectivity index is 1.71. The molecule has 1 heterocycles. The Morgan fingerprint density at radius 3 is 2.57 bits per heavy atom. The van der Waals surface area contributed by atoms with Crippen LogP contribution in [0.4, 0.5) is 0 Å². The molecule has 1 aliphatic rings. The van der Waals surface area contributed by atoms with Crippen molar-refractivity contribution in [2.75, 3.05) is 6.54 Å². The third-order valence-electron chi connectivity index (χ3n) is 4.68. The van der Waals surface area contributed by atoms with Gasteiger partial charge in [-0.3, -0.25) is 0 Å². The van der Waals surface area contributed by atoms with Crippen molar-refractivity contribution in [2.24, 2.45) is 17.6 Å². The molecule has 1 saturated carbocycles. The topological polar surface area (TPSA) is 38.9 Å². The van der Waals surface area contributed by atoms with Gasteiger partial charge in [-0.05, 0) is 31.2 Å². The Bertz CT molecular complexity index is 549. The van der Waals surface area contributed by atoms with E-state index in [9.17, 15) is 0 Å². The molecule has 21 heavy (non-hydrogen) atoms. The maximum absolute atomic E-state index is 6.00. The lowest BCUT2D eigenvalue weighted by atomic mass is 9.86. The summed E-state index contributed by atoms with van der Waals surface area (Å²) in [4.78, 5) is 4.85. The number of benzene rings is 1. The smallest absolute Gasteiger partial charge is 0.0935 e. The van der Waals surface area contributed by atoms with Gasteiger partial charge in [0.15, 0.2) is 0 Å². The molecule has 0 radical (unpaired) electrons. The van der Waals surface area contributed by atoms with Gasteiger partial charge in [0.25, 0.3) is 0 Å². The molecule has 1 aromatic carbocycles. The molecule has 3 heteroatoms. The predicted octanol–water partition coefficient (Wildman–Crippen LogP) is 4.51. The molecule has 2 atom stereocenters. The van der Waals surface area contributed by atoms with Gasteiger partial charge in [0.2, 0.25) is 0 Å². The van der Waals surface area contributed by atoms with E-state index < -0.39 is 0 Å². The quantitative estimate of drug-likeness (QED) is 0.844.